The van der Waals surface area contributed by atoms with Gasteiger partial charge in [0.25, 0.3) is 0 Å². The molecule has 0 aliphatic rings. The second-order valence-corrected chi connectivity index (χ2v) is 19.8. The third-order valence-electron chi connectivity index (χ3n) is 14.4. The Balaban J connectivity index is 0. The SMILES string of the molecule is CCCCCCCC/C=C\CCCCCCCCOC(=O)[C@H](CCC(=O)OC(CCCCCCCCCCCCCC)CCCCCCCCCCCCCC)[N+](CC)(CC)CC.[Cl-]. The molecule has 0 rings (SSSR count). The van der Waals surface area contributed by atoms with Gasteiger partial charge in [-0.3, -0.25) is 4.79 Å². The third kappa shape index (κ3) is 40.0. The number of nitrogens with zero attached hydrogens (tertiary/aromatic N) is 1. The molecule has 0 heterocycles. The van der Waals surface area contributed by atoms with E-state index in [0.29, 0.717) is 23.9 Å². The molecule has 0 aliphatic carbocycles. The summed E-state index contributed by atoms with van der Waals surface area (Å²) in [6.07, 6.45) is 57.4. The van der Waals surface area contributed by atoms with Crippen molar-refractivity contribution in [2.75, 3.05) is 26.2 Å². The fraction of sp³-hybridized carbons (Fsp3) is 0.931. The van der Waals surface area contributed by atoms with E-state index in [1.54, 1.807) is 0 Å². The van der Waals surface area contributed by atoms with Gasteiger partial charge in [0.05, 0.1) is 32.7 Å². The van der Waals surface area contributed by atoms with Crippen molar-refractivity contribution in [2.45, 2.75) is 323 Å². The van der Waals surface area contributed by atoms with E-state index in [4.69, 9.17) is 9.47 Å². The fourth-order valence-electron chi connectivity index (χ4n) is 9.75. The zero-order valence-corrected chi connectivity index (χ0v) is 45.1. The summed E-state index contributed by atoms with van der Waals surface area (Å²) in [5.74, 6) is -0.240. The summed E-state index contributed by atoms with van der Waals surface area (Å²) in [5, 5.41) is 0. The predicted octanol–water partition coefficient (Wildman–Crippen LogP) is 15.7. The number of ether oxygens (including phenoxy) is 2. The van der Waals surface area contributed by atoms with E-state index in [2.05, 4.69) is 53.7 Å². The first-order chi connectivity index (χ1) is 30.9. The van der Waals surface area contributed by atoms with E-state index in [9.17, 15) is 9.59 Å². The molecule has 0 bridgehead atoms. The third-order valence-corrected chi connectivity index (χ3v) is 14.4. The van der Waals surface area contributed by atoms with Gasteiger partial charge >= 0.3 is 11.9 Å². The predicted molar refractivity (Wildman–Crippen MR) is 277 cm³/mol. The Bertz CT molecular complexity index is 947. The number of unbranched alkanes of at least 4 members (excludes halogenated alkanes) is 34. The largest absolute Gasteiger partial charge is 1.00 e. The second kappa shape index (κ2) is 51.3. The minimum atomic E-state index is -0.321. The Hall–Kier alpha value is -1.07. The topological polar surface area (TPSA) is 52.6 Å². The van der Waals surface area contributed by atoms with Crippen LogP contribution in [0.2, 0.25) is 0 Å². The lowest BCUT2D eigenvalue weighted by Gasteiger charge is -2.41. The van der Waals surface area contributed by atoms with Crippen molar-refractivity contribution in [1.82, 2.24) is 0 Å². The summed E-state index contributed by atoms with van der Waals surface area (Å²) in [4.78, 5) is 27.3. The summed E-state index contributed by atoms with van der Waals surface area (Å²) >= 11 is 0. The number of carbonyl (C=O) groups excluding carboxylic acids is 2. The van der Waals surface area contributed by atoms with Crippen LogP contribution in [0, 0.1) is 0 Å². The van der Waals surface area contributed by atoms with Crippen molar-refractivity contribution < 1.29 is 36.0 Å². The molecular weight excluding hydrogens is 810 g/mol. The highest BCUT2D eigenvalue weighted by Gasteiger charge is 2.40. The number of esters is 2. The first-order valence-electron chi connectivity index (χ1n) is 28.8. The summed E-state index contributed by atoms with van der Waals surface area (Å²) in [5.41, 5.74) is 0. The Morgan fingerprint density at radius 2 is 0.719 bits per heavy atom. The van der Waals surface area contributed by atoms with E-state index >= 15 is 0 Å². The molecule has 0 aromatic heterocycles. The molecule has 6 heteroatoms. The first-order valence-corrected chi connectivity index (χ1v) is 28.8. The molecule has 1 atom stereocenters. The van der Waals surface area contributed by atoms with Crippen LogP contribution in [-0.2, 0) is 19.1 Å². The Morgan fingerprint density at radius 3 is 1.06 bits per heavy atom. The van der Waals surface area contributed by atoms with Crippen molar-refractivity contribution in [3.05, 3.63) is 12.2 Å². The molecule has 0 N–H and O–H groups in total. The highest BCUT2D eigenvalue weighted by atomic mass is 35.5. The minimum Gasteiger partial charge on any atom is -1.00 e. The van der Waals surface area contributed by atoms with Crippen LogP contribution in [0.25, 0.3) is 0 Å². The maximum Gasteiger partial charge on any atom is 0.364 e. The molecule has 0 unspecified atom stereocenters. The maximum atomic E-state index is 13.7. The van der Waals surface area contributed by atoms with Crippen molar-refractivity contribution in [3.63, 3.8) is 0 Å². The Labute approximate surface area is 408 Å². The molecule has 382 valence electrons. The summed E-state index contributed by atoms with van der Waals surface area (Å²) in [6, 6.07) is -0.321. The fourth-order valence-corrected chi connectivity index (χ4v) is 9.75. The van der Waals surface area contributed by atoms with Gasteiger partial charge in [-0.1, -0.05) is 232 Å². The molecule has 0 saturated heterocycles. The van der Waals surface area contributed by atoms with Gasteiger partial charge in [0, 0.05) is 6.42 Å². The quantitative estimate of drug-likeness (QED) is 0.0264. The molecule has 0 amide bonds. The number of likely N-dealkylation sites (N-methyl/N-ethyl adjacent to an activating group) is 1. The monoisotopic (exact) mass is 924 g/mol. The van der Waals surface area contributed by atoms with E-state index in [1.165, 1.54) is 218 Å². The summed E-state index contributed by atoms with van der Waals surface area (Å²) in [6.45, 7) is 16.4. The lowest BCUT2D eigenvalue weighted by atomic mass is 10.0. The molecule has 0 aromatic rings. The maximum absolute atomic E-state index is 13.7. The average Bonchev–Trinajstić information content (AvgIpc) is 3.29. The lowest BCUT2D eigenvalue weighted by Crippen LogP contribution is -3.00. The van der Waals surface area contributed by atoms with E-state index in [1.807, 2.05) is 0 Å². The average molecular weight is 925 g/mol. The zero-order valence-electron chi connectivity index (χ0n) is 44.3. The molecule has 0 saturated carbocycles. The number of halogens is 1. The lowest BCUT2D eigenvalue weighted by molar-refractivity contribution is -0.939. The van der Waals surface area contributed by atoms with Gasteiger partial charge in [0.1, 0.15) is 6.10 Å². The van der Waals surface area contributed by atoms with Crippen molar-refractivity contribution >= 4 is 11.9 Å². The molecule has 64 heavy (non-hydrogen) atoms. The Kier molecular flexibility index (Phi) is 52.1. The van der Waals surface area contributed by atoms with Crippen LogP contribution in [-0.4, -0.2) is 54.8 Å². The van der Waals surface area contributed by atoms with Gasteiger partial charge in [-0.2, -0.15) is 0 Å². The number of carbonyl (C=O) groups is 2. The first kappa shape index (κ1) is 65.0. The molecule has 0 spiro atoms. The van der Waals surface area contributed by atoms with Gasteiger partial charge < -0.3 is 26.4 Å². The highest BCUT2D eigenvalue weighted by molar-refractivity contribution is 5.76. The van der Waals surface area contributed by atoms with Gasteiger partial charge in [-0.15, -0.1) is 0 Å². The van der Waals surface area contributed by atoms with Crippen LogP contribution in [0.1, 0.15) is 311 Å². The number of quaternary nitrogens is 1. The van der Waals surface area contributed by atoms with Crippen LogP contribution in [0.4, 0.5) is 0 Å². The highest BCUT2D eigenvalue weighted by Crippen LogP contribution is 2.23. The van der Waals surface area contributed by atoms with Crippen LogP contribution < -0.4 is 12.4 Å². The minimum absolute atomic E-state index is 0. The summed E-state index contributed by atoms with van der Waals surface area (Å²) < 4.78 is 12.9. The molecular formula is C58H114ClNO4. The number of hydrogen-bond acceptors (Lipinski definition) is 4. The molecule has 5 nitrogen and oxygen atoms in total. The van der Waals surface area contributed by atoms with Crippen molar-refractivity contribution in [2.24, 2.45) is 0 Å². The van der Waals surface area contributed by atoms with Gasteiger partial charge in [-0.25, -0.2) is 4.79 Å². The summed E-state index contributed by atoms with van der Waals surface area (Å²) in [7, 11) is 0. The second-order valence-electron chi connectivity index (χ2n) is 19.8. The van der Waals surface area contributed by atoms with E-state index < -0.39 is 0 Å². The normalized spacial score (nSPS) is 12.3. The molecule has 0 aliphatic heterocycles. The zero-order chi connectivity index (χ0) is 46.2. The van der Waals surface area contributed by atoms with Crippen LogP contribution in [0.3, 0.4) is 0 Å². The van der Waals surface area contributed by atoms with Crippen LogP contribution in [0.5, 0.6) is 0 Å². The number of rotatable bonds is 51. The number of hydrogen-bond donors (Lipinski definition) is 0. The van der Waals surface area contributed by atoms with Gasteiger partial charge in [0.15, 0.2) is 6.04 Å². The smallest absolute Gasteiger partial charge is 0.364 e. The van der Waals surface area contributed by atoms with E-state index in [-0.39, 0.29) is 36.5 Å². The van der Waals surface area contributed by atoms with Crippen LogP contribution in [0.15, 0.2) is 12.2 Å². The molecule has 0 radical (unpaired) electrons. The van der Waals surface area contributed by atoms with Crippen molar-refractivity contribution in [3.8, 4) is 0 Å². The van der Waals surface area contributed by atoms with Gasteiger partial charge in [0.2, 0.25) is 0 Å². The van der Waals surface area contributed by atoms with Gasteiger partial charge in [-0.05, 0) is 78.6 Å². The van der Waals surface area contributed by atoms with E-state index in [0.717, 1.165) is 58.2 Å². The van der Waals surface area contributed by atoms with Crippen LogP contribution >= 0.6 is 0 Å². The standard InChI is InChI=1S/C58H114NO4.ClH/c1-7-13-16-19-22-25-28-31-32-33-34-37-40-43-46-49-54-62-58(61)56(59(10-4,11-5)12-6)52-53-57(60)63-55(50-47-44-41-38-35-29-26-23-20-17-14-8-2)51-48-45-42-39-36-30-27-24-21-18-15-9-3;/h31-32,55-56H,7-30,33-54H2,1-6H3;1H/q+1;/p-1/b32-31-;/t56-;/m0./s1. The molecule has 0 aromatic carbocycles. The molecule has 0 fully saturated rings. The van der Waals surface area contributed by atoms with Crippen molar-refractivity contribution in [1.29, 1.82) is 0 Å². The number of allylic oxidation sites excluding steroid dienone is 2. The Morgan fingerprint density at radius 1 is 0.406 bits per heavy atom.